The summed E-state index contributed by atoms with van der Waals surface area (Å²) in [5.74, 6) is 1.02. The van der Waals surface area contributed by atoms with E-state index in [1.54, 1.807) is 6.67 Å². The van der Waals surface area contributed by atoms with Crippen LogP contribution < -0.4 is 14.5 Å². The van der Waals surface area contributed by atoms with Crippen molar-refractivity contribution in [2.75, 3.05) is 16.8 Å². The van der Waals surface area contributed by atoms with Crippen LogP contribution in [0, 0.1) is 18.8 Å². The first-order valence-corrected chi connectivity index (χ1v) is 17.8. The molecule has 5 heterocycles. The van der Waals surface area contributed by atoms with Crippen molar-refractivity contribution in [2.45, 2.75) is 26.2 Å². The van der Waals surface area contributed by atoms with Crippen LogP contribution >= 0.6 is 0 Å². The normalized spacial score (nSPS) is 14.3. The van der Waals surface area contributed by atoms with Gasteiger partial charge in [0.25, 0.3) is 0 Å². The molecule has 54 heavy (non-hydrogen) atoms. The van der Waals surface area contributed by atoms with Crippen molar-refractivity contribution in [1.82, 2.24) is 13.8 Å². The number of anilines is 3. The van der Waals surface area contributed by atoms with Crippen LogP contribution in [0.1, 0.15) is 30.4 Å². The Labute approximate surface area is 331 Å². The fraction of sp³-hybridized carbons (Fsp3) is 0.106. The molecule has 0 saturated heterocycles. The Morgan fingerprint density at radius 3 is 2.19 bits per heavy atom. The van der Waals surface area contributed by atoms with Crippen LogP contribution in [0.25, 0.3) is 65.5 Å². The minimum atomic E-state index is -2.36. The summed E-state index contributed by atoms with van der Waals surface area (Å²) in [4.78, 5) is 8.27. The van der Waals surface area contributed by atoms with Gasteiger partial charge < -0.3 is 23.3 Å². The first-order valence-electron chi connectivity index (χ1n) is 19.3. The third-order valence-electron chi connectivity index (χ3n) is 10.7. The first-order chi connectivity index (χ1) is 27.0. The van der Waals surface area contributed by atoms with Gasteiger partial charge in [-0.15, -0.1) is 47.0 Å². The van der Waals surface area contributed by atoms with Gasteiger partial charge in [-0.25, -0.2) is 4.98 Å². The van der Waals surface area contributed by atoms with E-state index in [1.807, 2.05) is 53.6 Å². The van der Waals surface area contributed by atoms with Crippen molar-refractivity contribution in [3.8, 4) is 11.5 Å². The summed E-state index contributed by atoms with van der Waals surface area (Å²) in [6, 6.07) is 48.6. The van der Waals surface area contributed by atoms with Gasteiger partial charge in [-0.3, -0.25) is 0 Å². The zero-order valence-corrected chi connectivity index (χ0v) is 31.9. The molecule has 266 valence electrons. The van der Waals surface area contributed by atoms with Crippen LogP contribution in [-0.2, 0) is 26.5 Å². The van der Waals surface area contributed by atoms with E-state index in [9.17, 15) is 0 Å². The minimum absolute atomic E-state index is 0. The van der Waals surface area contributed by atoms with Crippen molar-refractivity contribution in [3.05, 3.63) is 152 Å². The Kier molecular flexibility index (Phi) is 6.48. The molecule has 1 aliphatic rings. The van der Waals surface area contributed by atoms with Crippen LogP contribution in [0.15, 0.2) is 128 Å². The first kappa shape index (κ1) is 29.6. The summed E-state index contributed by atoms with van der Waals surface area (Å²) in [7, 11) is 0. The number of rotatable bonds is 3. The maximum absolute atomic E-state index is 8.22. The molecule has 6 nitrogen and oxygen atoms in total. The van der Waals surface area contributed by atoms with Gasteiger partial charge in [0.05, 0.1) is 22.1 Å². The van der Waals surface area contributed by atoms with E-state index >= 15 is 0 Å². The van der Waals surface area contributed by atoms with Gasteiger partial charge in [0.1, 0.15) is 5.65 Å². The van der Waals surface area contributed by atoms with Gasteiger partial charge in [-0.2, -0.15) is 12.7 Å². The predicted molar refractivity (Wildman–Crippen MR) is 218 cm³/mol. The van der Waals surface area contributed by atoms with Crippen molar-refractivity contribution >= 4 is 82.6 Å². The predicted octanol–water partition coefficient (Wildman–Crippen LogP) is 11.7. The molecule has 0 amide bonds. The second kappa shape index (κ2) is 11.8. The van der Waals surface area contributed by atoms with Crippen LogP contribution in [-0.4, -0.2) is 20.8 Å². The fourth-order valence-corrected chi connectivity index (χ4v) is 8.24. The summed E-state index contributed by atoms with van der Waals surface area (Å²) in [5.41, 5.74) is 8.89. The fourth-order valence-electron chi connectivity index (χ4n) is 8.24. The number of pyridine rings is 1. The maximum atomic E-state index is 8.22. The molecule has 0 atom stereocenters. The van der Waals surface area contributed by atoms with E-state index in [0.717, 1.165) is 66.0 Å². The third-order valence-corrected chi connectivity index (χ3v) is 10.7. The summed E-state index contributed by atoms with van der Waals surface area (Å²) < 4.78 is 36.0. The molecule has 0 bridgehead atoms. The maximum Gasteiger partial charge on any atom is 0.143 e. The zero-order chi connectivity index (χ0) is 38.1. The van der Waals surface area contributed by atoms with Crippen molar-refractivity contribution in [1.29, 1.82) is 0 Å². The zero-order valence-electron chi connectivity index (χ0n) is 32.7. The van der Waals surface area contributed by atoms with E-state index in [-0.39, 0.29) is 26.5 Å². The SMILES string of the molecule is [2H]C([2H])([2H])N1[CH-]N(c2[c-]c(Oc3[c-]c4c(cc3)c3cccc5c3n4c3ncccc3c3cccc4c6ccccc6n5c43)cc(C(C)(C)C)c2)c2ccccc21.[Pt]. The Balaban J connectivity index is 0.00000396. The van der Waals surface area contributed by atoms with Gasteiger partial charge in [0.2, 0.25) is 0 Å². The second-order valence-electron chi connectivity index (χ2n) is 14.8. The molecule has 1 aliphatic heterocycles. The molecule has 0 radical (unpaired) electrons. The van der Waals surface area contributed by atoms with E-state index in [0.29, 0.717) is 22.9 Å². The standard InChI is InChI=1S/C47H34N5O.Pt/c1-47(2,3)29-24-30(50-28-49(4)40-18-7-8-19-41(40)50)26-32(25-29)53-31-21-22-34-36-15-10-20-42-45(36)52(43(34)27-31)46-38(16-11-23-48-46)37-14-9-13-35-33-12-5-6-17-39(33)51(42)44(35)37;/h5-25,28H,1-4H3;/q-3;/i4D3;. The number of nitrogens with zero attached hydrogens (tertiary/aromatic N) is 5. The molecule has 4 aromatic heterocycles. The number of hydrogen-bond acceptors (Lipinski definition) is 4. The Morgan fingerprint density at radius 2 is 1.35 bits per heavy atom. The number of benzene rings is 6. The number of para-hydroxylation sites is 5. The summed E-state index contributed by atoms with van der Waals surface area (Å²) in [6.45, 7) is 5.71. The van der Waals surface area contributed by atoms with Gasteiger partial charge in [-0.1, -0.05) is 87.0 Å². The van der Waals surface area contributed by atoms with E-state index in [4.69, 9.17) is 13.8 Å². The third kappa shape index (κ3) is 4.66. The van der Waals surface area contributed by atoms with E-state index < -0.39 is 6.98 Å². The van der Waals surface area contributed by atoms with Crippen LogP contribution in [0.2, 0.25) is 0 Å². The average molecular weight is 883 g/mol. The van der Waals surface area contributed by atoms with Crippen LogP contribution in [0.4, 0.5) is 17.1 Å². The van der Waals surface area contributed by atoms with Crippen LogP contribution in [0.5, 0.6) is 11.5 Å². The second-order valence-corrected chi connectivity index (χ2v) is 14.8. The van der Waals surface area contributed by atoms with Crippen molar-refractivity contribution in [3.63, 3.8) is 0 Å². The number of hydrogen-bond donors (Lipinski definition) is 0. The molecule has 7 heteroatoms. The average Bonchev–Trinajstić information content (AvgIpc) is 3.85. The number of fused-ring (bicyclic) bond motifs is 11. The summed E-state index contributed by atoms with van der Waals surface area (Å²) in [6.07, 6.45) is 1.85. The molecule has 0 fully saturated rings. The smallest absolute Gasteiger partial charge is 0.143 e. The summed E-state index contributed by atoms with van der Waals surface area (Å²) in [5, 5.41) is 6.66. The topological polar surface area (TPSA) is 37.4 Å². The molecule has 0 N–H and O–H groups in total. The molecule has 0 aliphatic carbocycles. The molecule has 0 spiro atoms. The summed E-state index contributed by atoms with van der Waals surface area (Å²) >= 11 is 0. The monoisotopic (exact) mass is 882 g/mol. The molecule has 0 unspecified atom stereocenters. The molecule has 6 aromatic carbocycles. The Hall–Kier alpha value is -5.84. The largest absolute Gasteiger partial charge is 0.509 e. The molecule has 0 saturated carbocycles. The van der Waals surface area contributed by atoms with Crippen molar-refractivity contribution < 1.29 is 29.9 Å². The van der Waals surface area contributed by atoms with Gasteiger partial charge >= 0.3 is 0 Å². The quantitative estimate of drug-likeness (QED) is 0.166. The molecule has 10 aromatic rings. The van der Waals surface area contributed by atoms with Crippen molar-refractivity contribution in [2.24, 2.45) is 0 Å². The van der Waals surface area contributed by atoms with Gasteiger partial charge in [0.15, 0.2) is 0 Å². The Morgan fingerprint density at radius 1 is 0.648 bits per heavy atom. The van der Waals surface area contributed by atoms with E-state index in [2.05, 4.69) is 121 Å². The molecular formula is C47H34N5OPt-3. The minimum Gasteiger partial charge on any atom is -0.509 e. The van der Waals surface area contributed by atoms with Gasteiger partial charge in [0, 0.05) is 75.8 Å². The Bertz CT molecular complexity index is 3270. The molecular weight excluding hydrogens is 846 g/mol. The van der Waals surface area contributed by atoms with Crippen LogP contribution in [0.3, 0.4) is 0 Å². The number of ether oxygens (including phenoxy) is 1. The molecule has 11 rings (SSSR count). The van der Waals surface area contributed by atoms with Gasteiger partial charge in [-0.05, 0) is 54.2 Å². The van der Waals surface area contributed by atoms with E-state index in [1.165, 1.54) is 15.7 Å². The number of aromatic nitrogens is 3.